The molecule has 0 saturated carbocycles. The van der Waals surface area contributed by atoms with Gasteiger partial charge in [-0.05, 0) is 42.0 Å². The highest BCUT2D eigenvalue weighted by molar-refractivity contribution is 7.13. The number of hydrogen-bond donors (Lipinski definition) is 0. The molecule has 0 unspecified atom stereocenters. The molecule has 2 aromatic carbocycles. The third-order valence-corrected chi connectivity index (χ3v) is 5.95. The molecule has 2 aromatic heterocycles. The summed E-state index contributed by atoms with van der Waals surface area (Å²) in [7, 11) is 0. The lowest BCUT2D eigenvalue weighted by Gasteiger charge is -2.14. The van der Waals surface area contributed by atoms with Crippen molar-refractivity contribution in [3.63, 3.8) is 0 Å². The van der Waals surface area contributed by atoms with Gasteiger partial charge in [-0.1, -0.05) is 24.3 Å². The van der Waals surface area contributed by atoms with E-state index in [4.69, 9.17) is 9.15 Å². The van der Waals surface area contributed by atoms with Crippen molar-refractivity contribution in [2.75, 3.05) is 0 Å². The van der Waals surface area contributed by atoms with Crippen molar-refractivity contribution in [1.29, 1.82) is 0 Å². The molecule has 0 radical (unpaired) electrons. The summed E-state index contributed by atoms with van der Waals surface area (Å²) in [6, 6.07) is 17.0. The minimum absolute atomic E-state index is 0.0484. The Bertz CT molecular complexity index is 1270. The van der Waals surface area contributed by atoms with Crippen molar-refractivity contribution in [3.8, 4) is 10.8 Å². The van der Waals surface area contributed by atoms with E-state index < -0.39 is 5.97 Å². The summed E-state index contributed by atoms with van der Waals surface area (Å²) in [5.74, 6) is -0.441. The van der Waals surface area contributed by atoms with Crippen LogP contribution in [-0.2, 0) is 17.9 Å². The van der Waals surface area contributed by atoms with Crippen molar-refractivity contribution in [2.45, 2.75) is 13.2 Å². The summed E-state index contributed by atoms with van der Waals surface area (Å²) >= 11 is 1.41. The third-order valence-electron chi connectivity index (χ3n) is 5.04. The van der Waals surface area contributed by atoms with E-state index in [1.54, 1.807) is 60.9 Å². The van der Waals surface area contributed by atoms with Gasteiger partial charge in [-0.25, -0.2) is 9.78 Å². The van der Waals surface area contributed by atoms with Gasteiger partial charge in [-0.15, -0.1) is 11.3 Å². The van der Waals surface area contributed by atoms with Crippen LogP contribution in [0.1, 0.15) is 42.3 Å². The third kappa shape index (κ3) is 3.72. The quantitative estimate of drug-likeness (QED) is 0.320. The highest BCUT2D eigenvalue weighted by Crippen LogP contribution is 2.25. The first-order chi connectivity index (χ1) is 15.6. The molecule has 5 rings (SSSR count). The number of esters is 1. The van der Waals surface area contributed by atoms with Gasteiger partial charge in [-0.2, -0.15) is 0 Å². The second-order valence-electron chi connectivity index (χ2n) is 7.14. The predicted octanol–water partition coefficient (Wildman–Crippen LogP) is 4.56. The minimum Gasteiger partial charge on any atom is -0.462 e. The molecule has 4 aromatic rings. The van der Waals surface area contributed by atoms with Gasteiger partial charge in [-0.3, -0.25) is 14.5 Å². The summed E-state index contributed by atoms with van der Waals surface area (Å²) < 4.78 is 10.7. The van der Waals surface area contributed by atoms with E-state index in [2.05, 4.69) is 4.98 Å². The molecule has 0 fully saturated rings. The molecule has 8 heteroatoms. The Morgan fingerprint density at radius 1 is 0.969 bits per heavy atom. The highest BCUT2D eigenvalue weighted by atomic mass is 32.1. The first kappa shape index (κ1) is 19.9. The lowest BCUT2D eigenvalue weighted by atomic mass is 10.1. The molecule has 1 aliphatic rings. The fraction of sp³-hybridized carbons (Fsp3) is 0.0833. The molecule has 0 N–H and O–H groups in total. The van der Waals surface area contributed by atoms with Crippen LogP contribution >= 0.6 is 11.3 Å². The summed E-state index contributed by atoms with van der Waals surface area (Å²) in [6.07, 6.45) is 1.58. The van der Waals surface area contributed by atoms with Crippen molar-refractivity contribution >= 4 is 29.1 Å². The average molecular weight is 444 g/mol. The van der Waals surface area contributed by atoms with Gasteiger partial charge in [0.05, 0.1) is 35.2 Å². The van der Waals surface area contributed by atoms with E-state index in [0.29, 0.717) is 28.1 Å². The van der Waals surface area contributed by atoms with Crippen LogP contribution in [-0.4, -0.2) is 27.7 Å². The van der Waals surface area contributed by atoms with E-state index in [-0.39, 0.29) is 25.0 Å². The maximum absolute atomic E-state index is 12.5. The number of carbonyl (C=O) groups is 3. The summed E-state index contributed by atoms with van der Waals surface area (Å²) in [5, 5.41) is 2.54. The first-order valence-corrected chi connectivity index (χ1v) is 10.7. The maximum Gasteiger partial charge on any atom is 0.338 e. The highest BCUT2D eigenvalue weighted by Gasteiger charge is 2.34. The van der Waals surface area contributed by atoms with E-state index >= 15 is 0 Å². The number of ether oxygens (including phenoxy) is 1. The van der Waals surface area contributed by atoms with E-state index in [0.717, 1.165) is 10.6 Å². The van der Waals surface area contributed by atoms with Crippen molar-refractivity contribution in [1.82, 2.24) is 9.88 Å². The zero-order valence-corrected chi connectivity index (χ0v) is 17.5. The average Bonchev–Trinajstić information content (AvgIpc) is 3.56. The number of benzene rings is 2. The van der Waals surface area contributed by atoms with Crippen molar-refractivity contribution in [2.24, 2.45) is 0 Å². The van der Waals surface area contributed by atoms with E-state index in [1.807, 2.05) is 11.4 Å². The number of rotatable bonds is 6. The number of aromatic nitrogens is 1. The Morgan fingerprint density at radius 2 is 1.69 bits per heavy atom. The lowest BCUT2D eigenvalue weighted by Crippen LogP contribution is -2.29. The van der Waals surface area contributed by atoms with Gasteiger partial charge in [0.25, 0.3) is 11.8 Å². The van der Waals surface area contributed by atoms with Crippen LogP contribution in [0.25, 0.3) is 10.8 Å². The van der Waals surface area contributed by atoms with Gasteiger partial charge in [0, 0.05) is 5.38 Å². The molecule has 0 spiro atoms. The van der Waals surface area contributed by atoms with Gasteiger partial charge in [0.1, 0.15) is 6.61 Å². The number of amides is 2. The lowest BCUT2D eigenvalue weighted by molar-refractivity contribution is 0.0467. The largest absolute Gasteiger partial charge is 0.462 e. The number of carbonyl (C=O) groups excluding carboxylic acids is 3. The van der Waals surface area contributed by atoms with Crippen LogP contribution < -0.4 is 0 Å². The van der Waals surface area contributed by atoms with Crippen LogP contribution in [0.2, 0.25) is 0 Å². The van der Waals surface area contributed by atoms with Gasteiger partial charge in [0.2, 0.25) is 0 Å². The normalized spacial score (nSPS) is 12.8. The SMILES string of the molecule is O=C(OCc1csc(-c2ccco2)n1)c1ccc(CN2C(=O)c3ccccc3C2=O)cc1. The fourth-order valence-electron chi connectivity index (χ4n) is 3.42. The monoisotopic (exact) mass is 444 g/mol. The molecule has 2 amide bonds. The Labute approximate surface area is 186 Å². The Morgan fingerprint density at radius 3 is 2.34 bits per heavy atom. The van der Waals surface area contributed by atoms with E-state index in [1.165, 1.54) is 16.2 Å². The van der Waals surface area contributed by atoms with Gasteiger partial charge in [0.15, 0.2) is 10.8 Å². The van der Waals surface area contributed by atoms with Crippen LogP contribution in [0.3, 0.4) is 0 Å². The van der Waals surface area contributed by atoms with Crippen molar-refractivity contribution in [3.05, 3.63) is 100 Å². The Balaban J connectivity index is 1.20. The molecular weight excluding hydrogens is 428 g/mol. The van der Waals surface area contributed by atoms with Crippen LogP contribution in [0.4, 0.5) is 0 Å². The molecule has 158 valence electrons. The van der Waals surface area contributed by atoms with Crippen LogP contribution in [0.15, 0.2) is 76.7 Å². The molecule has 0 aliphatic carbocycles. The topological polar surface area (TPSA) is 89.7 Å². The first-order valence-electron chi connectivity index (χ1n) is 9.80. The van der Waals surface area contributed by atoms with Crippen molar-refractivity contribution < 1.29 is 23.5 Å². The molecule has 1 aliphatic heterocycles. The zero-order chi connectivity index (χ0) is 22.1. The second-order valence-corrected chi connectivity index (χ2v) is 7.99. The van der Waals surface area contributed by atoms with Gasteiger partial charge < -0.3 is 9.15 Å². The predicted molar refractivity (Wildman–Crippen MR) is 116 cm³/mol. The Hall–Kier alpha value is -4.04. The summed E-state index contributed by atoms with van der Waals surface area (Å²) in [4.78, 5) is 43.0. The fourth-order valence-corrected chi connectivity index (χ4v) is 4.19. The number of thiazole rings is 1. The molecule has 32 heavy (non-hydrogen) atoms. The standard InChI is InChI=1S/C24H16N2O5S/c27-22-18-4-1-2-5-19(18)23(28)26(22)12-15-7-9-16(10-8-15)24(29)31-13-17-14-32-21(25-17)20-6-3-11-30-20/h1-11,14H,12-13H2. The van der Waals surface area contributed by atoms with Crippen LogP contribution in [0, 0.1) is 0 Å². The molecule has 7 nitrogen and oxygen atoms in total. The summed E-state index contributed by atoms with van der Waals surface area (Å²) in [6.45, 7) is 0.183. The molecule has 0 saturated heterocycles. The minimum atomic E-state index is -0.482. The molecular formula is C24H16N2O5S. The molecule has 3 heterocycles. The number of hydrogen-bond acceptors (Lipinski definition) is 7. The van der Waals surface area contributed by atoms with E-state index in [9.17, 15) is 14.4 Å². The number of imide groups is 1. The molecule has 0 bridgehead atoms. The smallest absolute Gasteiger partial charge is 0.338 e. The Kier molecular flexibility index (Phi) is 5.12. The molecule has 0 atom stereocenters. The zero-order valence-electron chi connectivity index (χ0n) is 16.7. The number of fused-ring (bicyclic) bond motifs is 1. The van der Waals surface area contributed by atoms with Gasteiger partial charge >= 0.3 is 5.97 Å². The van der Waals surface area contributed by atoms with Crippen LogP contribution in [0.5, 0.6) is 0 Å². The second kappa shape index (κ2) is 8.24. The maximum atomic E-state index is 12.5. The number of nitrogens with zero attached hydrogens (tertiary/aromatic N) is 2. The number of furan rings is 1. The summed E-state index contributed by atoms with van der Waals surface area (Å²) in [5.41, 5.74) is 2.57.